The molecule has 102 valence electrons. The quantitative estimate of drug-likeness (QED) is 0.499. The molecule has 0 fully saturated rings. The van der Waals surface area contributed by atoms with E-state index in [1.54, 1.807) is 20.8 Å². The van der Waals surface area contributed by atoms with Crippen LogP contribution in [0.2, 0.25) is 0 Å². The van der Waals surface area contributed by atoms with Crippen molar-refractivity contribution in [2.45, 2.75) is 45.3 Å². The summed E-state index contributed by atoms with van der Waals surface area (Å²) in [6.07, 6.45) is 1.04. The Kier molecular flexibility index (Phi) is 8.79. The maximum Gasteiger partial charge on any atom is 0.323 e. The van der Waals surface area contributed by atoms with E-state index in [-0.39, 0.29) is 12.4 Å². The molecule has 0 bridgehead atoms. The van der Waals surface area contributed by atoms with Gasteiger partial charge in [0.2, 0.25) is 0 Å². The summed E-state index contributed by atoms with van der Waals surface area (Å²) in [5.41, 5.74) is 9.97. The number of hydrogen-bond acceptors (Lipinski definition) is 4. The number of hydrogen-bond donors (Lipinski definition) is 3. The molecule has 0 aliphatic carbocycles. The summed E-state index contributed by atoms with van der Waals surface area (Å²) in [6.45, 7) is 5.76. The monoisotopic (exact) mass is 267 g/mol. The van der Waals surface area contributed by atoms with Crippen molar-refractivity contribution >= 4 is 24.4 Å². The summed E-state index contributed by atoms with van der Waals surface area (Å²) >= 11 is 0. The minimum absolute atomic E-state index is 0. The molecule has 0 saturated carbocycles. The van der Waals surface area contributed by atoms with Crippen LogP contribution < -0.4 is 16.8 Å². The first kappa shape index (κ1) is 18.4. The van der Waals surface area contributed by atoms with Crippen molar-refractivity contribution < 1.29 is 14.3 Å². The number of halogens is 1. The van der Waals surface area contributed by atoms with Crippen molar-refractivity contribution in [3.05, 3.63) is 0 Å². The number of urea groups is 1. The minimum atomic E-state index is -0.658. The van der Waals surface area contributed by atoms with Crippen LogP contribution in [0.4, 0.5) is 4.79 Å². The maximum atomic E-state index is 11.4. The molecule has 6 nitrogen and oxygen atoms in total. The summed E-state index contributed by atoms with van der Waals surface area (Å²) in [4.78, 5) is 21.8. The number of esters is 1. The van der Waals surface area contributed by atoms with E-state index in [0.29, 0.717) is 19.4 Å². The predicted octanol–water partition coefficient (Wildman–Crippen LogP) is 0.526. The average Bonchev–Trinajstić information content (AvgIpc) is 2.08. The van der Waals surface area contributed by atoms with Crippen molar-refractivity contribution in [1.82, 2.24) is 5.32 Å². The normalized spacial score (nSPS) is 12.2. The number of primary amides is 1. The molecule has 1 atom stereocenters. The smallest absolute Gasteiger partial charge is 0.323 e. The summed E-state index contributed by atoms with van der Waals surface area (Å²) < 4.78 is 5.10. The van der Waals surface area contributed by atoms with E-state index in [1.165, 1.54) is 0 Å². The second-order valence-corrected chi connectivity index (χ2v) is 4.57. The number of nitrogens with two attached hydrogens (primary N) is 2. The Morgan fingerprint density at radius 3 is 2.29 bits per heavy atom. The van der Waals surface area contributed by atoms with Gasteiger partial charge in [0.25, 0.3) is 0 Å². The van der Waals surface area contributed by atoms with Crippen molar-refractivity contribution in [1.29, 1.82) is 0 Å². The van der Waals surface area contributed by atoms with Gasteiger partial charge in [0.05, 0.1) is 0 Å². The number of rotatable bonds is 5. The molecule has 0 aromatic rings. The Morgan fingerprint density at radius 2 is 1.88 bits per heavy atom. The zero-order valence-corrected chi connectivity index (χ0v) is 11.3. The highest BCUT2D eigenvalue weighted by Crippen LogP contribution is 2.09. The molecular formula is C10H22ClN3O3. The van der Waals surface area contributed by atoms with Crippen LogP contribution >= 0.6 is 12.4 Å². The zero-order valence-electron chi connectivity index (χ0n) is 10.5. The van der Waals surface area contributed by atoms with E-state index < -0.39 is 23.6 Å². The molecule has 5 N–H and O–H groups in total. The molecule has 0 spiro atoms. The maximum absolute atomic E-state index is 11.4. The number of nitrogens with one attached hydrogen (secondary N) is 1. The summed E-state index contributed by atoms with van der Waals surface area (Å²) in [5.74, 6) is -0.424. The number of carbonyl (C=O) groups excluding carboxylic acids is 2. The lowest BCUT2D eigenvalue weighted by atomic mass is 10.1. The van der Waals surface area contributed by atoms with Crippen LogP contribution in [-0.4, -0.2) is 30.2 Å². The van der Waals surface area contributed by atoms with E-state index in [4.69, 9.17) is 16.2 Å². The molecule has 0 radical (unpaired) electrons. The van der Waals surface area contributed by atoms with Gasteiger partial charge in [0.1, 0.15) is 11.6 Å². The van der Waals surface area contributed by atoms with Crippen LogP contribution in [0, 0.1) is 0 Å². The van der Waals surface area contributed by atoms with E-state index in [0.717, 1.165) is 0 Å². The SMILES string of the molecule is CC(C)(C)OC(=O)[C@@H](N)CCCNC(N)=O.Cl. The Labute approximate surface area is 108 Å². The second kappa shape index (κ2) is 8.14. The van der Waals surface area contributed by atoms with E-state index >= 15 is 0 Å². The molecule has 0 aromatic heterocycles. The zero-order chi connectivity index (χ0) is 12.8. The number of carbonyl (C=O) groups is 2. The van der Waals surface area contributed by atoms with Crippen LogP contribution in [0.15, 0.2) is 0 Å². The first-order valence-electron chi connectivity index (χ1n) is 5.24. The van der Waals surface area contributed by atoms with E-state index in [2.05, 4.69) is 5.32 Å². The van der Waals surface area contributed by atoms with Crippen molar-refractivity contribution in [2.75, 3.05) is 6.54 Å². The van der Waals surface area contributed by atoms with Gasteiger partial charge in [-0.3, -0.25) is 4.79 Å². The Bertz CT molecular complexity index is 254. The highest BCUT2D eigenvalue weighted by Gasteiger charge is 2.21. The third kappa shape index (κ3) is 11.3. The lowest BCUT2D eigenvalue weighted by Gasteiger charge is -2.22. The highest BCUT2D eigenvalue weighted by molar-refractivity contribution is 5.85. The van der Waals surface area contributed by atoms with Crippen molar-refractivity contribution in [3.63, 3.8) is 0 Å². The first-order chi connectivity index (χ1) is 7.22. The highest BCUT2D eigenvalue weighted by atomic mass is 35.5. The van der Waals surface area contributed by atoms with E-state index in [9.17, 15) is 9.59 Å². The Hall–Kier alpha value is -1.01. The first-order valence-corrected chi connectivity index (χ1v) is 5.24. The van der Waals surface area contributed by atoms with Gasteiger partial charge in [-0.1, -0.05) is 0 Å². The molecule has 0 aliphatic heterocycles. The Balaban J connectivity index is 0. The van der Waals surface area contributed by atoms with Gasteiger partial charge in [0.15, 0.2) is 0 Å². The van der Waals surface area contributed by atoms with Gasteiger partial charge in [-0.2, -0.15) is 0 Å². The van der Waals surface area contributed by atoms with Gasteiger partial charge < -0.3 is 21.5 Å². The molecule has 7 heteroatoms. The van der Waals surface area contributed by atoms with Gasteiger partial charge in [0, 0.05) is 6.54 Å². The lowest BCUT2D eigenvalue weighted by Crippen LogP contribution is -2.38. The van der Waals surface area contributed by atoms with Crippen molar-refractivity contribution in [2.24, 2.45) is 11.5 Å². The van der Waals surface area contributed by atoms with Crippen LogP contribution in [0.5, 0.6) is 0 Å². The minimum Gasteiger partial charge on any atom is -0.459 e. The number of ether oxygens (including phenoxy) is 1. The molecule has 0 unspecified atom stereocenters. The molecule has 0 aromatic carbocycles. The van der Waals surface area contributed by atoms with Gasteiger partial charge >= 0.3 is 12.0 Å². The van der Waals surface area contributed by atoms with Crippen LogP contribution in [0.1, 0.15) is 33.6 Å². The largest absolute Gasteiger partial charge is 0.459 e. The second-order valence-electron chi connectivity index (χ2n) is 4.57. The molecule has 0 rings (SSSR count). The average molecular weight is 268 g/mol. The Morgan fingerprint density at radius 1 is 1.35 bits per heavy atom. The lowest BCUT2D eigenvalue weighted by molar-refractivity contribution is -0.156. The van der Waals surface area contributed by atoms with Crippen LogP contribution in [-0.2, 0) is 9.53 Å². The fourth-order valence-electron chi connectivity index (χ4n) is 1.03. The third-order valence-electron chi connectivity index (χ3n) is 1.70. The summed E-state index contributed by atoms with van der Waals surface area (Å²) in [5, 5.41) is 2.42. The van der Waals surface area contributed by atoms with Gasteiger partial charge in [-0.05, 0) is 33.6 Å². The summed E-state index contributed by atoms with van der Waals surface area (Å²) in [7, 11) is 0. The topological polar surface area (TPSA) is 107 Å². The van der Waals surface area contributed by atoms with Gasteiger partial charge in [-0.25, -0.2) is 4.79 Å². The van der Waals surface area contributed by atoms with Crippen molar-refractivity contribution in [3.8, 4) is 0 Å². The molecule has 17 heavy (non-hydrogen) atoms. The molecular weight excluding hydrogens is 246 g/mol. The molecule has 0 heterocycles. The van der Waals surface area contributed by atoms with Gasteiger partial charge in [-0.15, -0.1) is 12.4 Å². The standard InChI is InChI=1S/C10H21N3O3.ClH/c1-10(2,3)16-8(14)7(11)5-4-6-13-9(12)15;/h7H,4-6,11H2,1-3H3,(H3,12,13,15);1H/t7-;/m0./s1. The molecule has 0 saturated heterocycles. The number of amides is 2. The third-order valence-corrected chi connectivity index (χ3v) is 1.70. The fraction of sp³-hybridized carbons (Fsp3) is 0.800. The van der Waals surface area contributed by atoms with E-state index in [1.807, 2.05) is 0 Å². The summed E-state index contributed by atoms with van der Waals surface area (Å²) in [6, 6.07) is -1.24. The van der Waals surface area contributed by atoms with Crippen LogP contribution in [0.3, 0.4) is 0 Å². The fourth-order valence-corrected chi connectivity index (χ4v) is 1.03. The predicted molar refractivity (Wildman–Crippen MR) is 67.9 cm³/mol. The molecule has 2 amide bonds. The molecule has 0 aliphatic rings. The van der Waals surface area contributed by atoms with Crippen LogP contribution in [0.25, 0.3) is 0 Å².